The van der Waals surface area contributed by atoms with Crippen LogP contribution < -0.4 is 10.2 Å². The van der Waals surface area contributed by atoms with E-state index in [0.717, 1.165) is 0 Å². The van der Waals surface area contributed by atoms with Gasteiger partial charge in [-0.25, -0.2) is 9.97 Å². The second-order valence-corrected chi connectivity index (χ2v) is 7.28. The van der Waals surface area contributed by atoms with E-state index in [4.69, 9.17) is 0 Å². The van der Waals surface area contributed by atoms with Gasteiger partial charge in [0.15, 0.2) is 0 Å². The molecule has 150 valence electrons. The smallest absolute Gasteiger partial charge is 0.350 e. The van der Waals surface area contributed by atoms with E-state index in [1.54, 1.807) is 6.07 Å². The van der Waals surface area contributed by atoms with Crippen LogP contribution in [0, 0.1) is 32.1 Å². The van der Waals surface area contributed by atoms with Crippen LogP contribution in [0.2, 0.25) is 0 Å². The number of hydrogen-bond acceptors (Lipinski definition) is 8. The van der Waals surface area contributed by atoms with Gasteiger partial charge in [-0.05, 0) is 17.9 Å². The third-order valence-corrected chi connectivity index (χ3v) is 3.78. The van der Waals surface area contributed by atoms with Gasteiger partial charge in [-0.3, -0.25) is 20.2 Å². The van der Waals surface area contributed by atoms with Crippen LogP contribution in [0.15, 0.2) is 30.6 Å². The molecule has 0 amide bonds. The monoisotopic (exact) mass is 388 g/mol. The Morgan fingerprint density at radius 3 is 2.21 bits per heavy atom. The Bertz CT molecular complexity index is 846. The molecule has 10 nitrogen and oxygen atoms in total. The Labute approximate surface area is 162 Å². The molecule has 2 rings (SSSR count). The topological polar surface area (TPSA) is 127 Å². The Kier molecular flexibility index (Phi) is 6.80. The Morgan fingerprint density at radius 2 is 1.68 bits per heavy atom. The molecular formula is C18H24N6O4. The van der Waals surface area contributed by atoms with Crippen LogP contribution in [-0.4, -0.2) is 32.9 Å². The predicted octanol–water partition coefficient (Wildman–Crippen LogP) is 4.16. The molecule has 0 bridgehead atoms. The molecule has 0 aliphatic rings. The van der Waals surface area contributed by atoms with Crippen LogP contribution in [0.5, 0.6) is 0 Å². The van der Waals surface area contributed by atoms with E-state index in [1.165, 1.54) is 24.5 Å². The van der Waals surface area contributed by atoms with Crippen molar-refractivity contribution in [1.82, 2.24) is 9.97 Å². The third-order valence-electron chi connectivity index (χ3n) is 3.78. The van der Waals surface area contributed by atoms with Gasteiger partial charge >= 0.3 is 5.69 Å². The first-order chi connectivity index (χ1) is 13.2. The summed E-state index contributed by atoms with van der Waals surface area (Å²) in [6.45, 7) is 9.33. The molecule has 0 radical (unpaired) electrons. The lowest BCUT2D eigenvalue weighted by atomic mass is 10.1. The molecule has 0 spiro atoms. The van der Waals surface area contributed by atoms with E-state index < -0.39 is 9.85 Å². The minimum atomic E-state index is -0.530. The molecule has 2 aromatic rings. The summed E-state index contributed by atoms with van der Waals surface area (Å²) >= 11 is 0. The van der Waals surface area contributed by atoms with E-state index in [2.05, 4.69) is 15.3 Å². The molecule has 1 N–H and O–H groups in total. The second-order valence-electron chi connectivity index (χ2n) is 7.28. The predicted molar refractivity (Wildman–Crippen MR) is 107 cm³/mol. The molecule has 1 aromatic heterocycles. The largest absolute Gasteiger partial charge is 0.353 e. The lowest BCUT2D eigenvalue weighted by molar-refractivity contribution is -0.384. The zero-order valence-corrected chi connectivity index (χ0v) is 16.3. The first-order valence-electron chi connectivity index (χ1n) is 8.94. The van der Waals surface area contributed by atoms with Gasteiger partial charge in [-0.15, -0.1) is 0 Å². The molecule has 0 atom stereocenters. The molecule has 0 unspecified atom stereocenters. The van der Waals surface area contributed by atoms with Crippen LogP contribution in [-0.2, 0) is 0 Å². The molecule has 10 heteroatoms. The SMILES string of the molecule is CC(C)CN(CC(C)C)c1ncnc(Nc2cccc([N+](=O)[O-])c2)c1[N+](=O)[O-]. The second kappa shape index (κ2) is 9.07. The molecule has 0 saturated heterocycles. The summed E-state index contributed by atoms with van der Waals surface area (Å²) in [5, 5.41) is 25.6. The van der Waals surface area contributed by atoms with Gasteiger partial charge in [0.25, 0.3) is 5.69 Å². The fourth-order valence-electron chi connectivity index (χ4n) is 2.82. The maximum Gasteiger partial charge on any atom is 0.353 e. The van der Waals surface area contributed by atoms with Gasteiger partial charge < -0.3 is 10.2 Å². The summed E-state index contributed by atoms with van der Waals surface area (Å²) in [6, 6.07) is 5.72. The van der Waals surface area contributed by atoms with Crippen LogP contribution in [0.4, 0.5) is 28.7 Å². The number of nitro groups is 2. The van der Waals surface area contributed by atoms with Crippen molar-refractivity contribution in [1.29, 1.82) is 0 Å². The molecule has 28 heavy (non-hydrogen) atoms. The first kappa shape index (κ1) is 21.0. The third kappa shape index (κ3) is 5.35. The summed E-state index contributed by atoms with van der Waals surface area (Å²) in [7, 11) is 0. The highest BCUT2D eigenvalue weighted by atomic mass is 16.6. The number of hydrogen-bond donors (Lipinski definition) is 1. The summed E-state index contributed by atoms with van der Waals surface area (Å²) in [4.78, 5) is 31.8. The molecule has 1 heterocycles. The highest BCUT2D eigenvalue weighted by Gasteiger charge is 2.28. The standard InChI is InChI=1S/C18H24N6O4/c1-12(2)9-22(10-13(3)4)18-16(24(27)28)17(19-11-20-18)21-14-6-5-7-15(8-14)23(25)26/h5-8,11-13H,9-10H2,1-4H3,(H,19,20,21). The van der Waals surface area contributed by atoms with Crippen LogP contribution in [0.3, 0.4) is 0 Å². The van der Waals surface area contributed by atoms with Crippen molar-refractivity contribution in [3.05, 3.63) is 50.8 Å². The van der Waals surface area contributed by atoms with Crippen molar-refractivity contribution < 1.29 is 9.85 Å². The van der Waals surface area contributed by atoms with Crippen molar-refractivity contribution in [2.45, 2.75) is 27.7 Å². The van der Waals surface area contributed by atoms with Gasteiger partial charge in [-0.2, -0.15) is 0 Å². The lowest BCUT2D eigenvalue weighted by Gasteiger charge is -2.27. The molecule has 0 saturated carbocycles. The van der Waals surface area contributed by atoms with Gasteiger partial charge in [0.1, 0.15) is 6.33 Å². The average Bonchev–Trinajstić information content (AvgIpc) is 2.60. The summed E-state index contributed by atoms with van der Waals surface area (Å²) in [5.41, 5.74) is -0.0419. The highest BCUT2D eigenvalue weighted by molar-refractivity contribution is 5.75. The average molecular weight is 388 g/mol. The zero-order chi connectivity index (χ0) is 20.8. The van der Waals surface area contributed by atoms with E-state index in [0.29, 0.717) is 18.8 Å². The van der Waals surface area contributed by atoms with E-state index in [-0.39, 0.29) is 34.8 Å². The van der Waals surface area contributed by atoms with Crippen LogP contribution in [0.1, 0.15) is 27.7 Å². The van der Waals surface area contributed by atoms with Crippen molar-refractivity contribution in [3.8, 4) is 0 Å². The number of non-ortho nitro benzene ring substituents is 1. The minimum absolute atomic E-state index is 0.00647. The fraction of sp³-hybridized carbons (Fsp3) is 0.444. The molecular weight excluding hydrogens is 364 g/mol. The molecule has 0 aliphatic carbocycles. The Morgan fingerprint density at radius 1 is 1.04 bits per heavy atom. The fourth-order valence-corrected chi connectivity index (χ4v) is 2.82. The van der Waals surface area contributed by atoms with E-state index in [1.807, 2.05) is 32.6 Å². The number of benzene rings is 1. The van der Waals surface area contributed by atoms with Gasteiger partial charge in [0.2, 0.25) is 11.6 Å². The minimum Gasteiger partial charge on any atom is -0.350 e. The first-order valence-corrected chi connectivity index (χ1v) is 8.94. The number of rotatable bonds is 9. The Balaban J connectivity index is 2.48. The summed E-state index contributed by atoms with van der Waals surface area (Å²) in [5.74, 6) is 0.784. The van der Waals surface area contributed by atoms with E-state index in [9.17, 15) is 20.2 Å². The maximum atomic E-state index is 11.8. The highest BCUT2D eigenvalue weighted by Crippen LogP contribution is 2.34. The zero-order valence-electron chi connectivity index (χ0n) is 16.3. The quantitative estimate of drug-likeness (QED) is 0.501. The number of nitrogens with zero attached hydrogens (tertiary/aromatic N) is 5. The van der Waals surface area contributed by atoms with Crippen molar-refractivity contribution >= 4 is 28.7 Å². The van der Waals surface area contributed by atoms with Crippen molar-refractivity contribution in [3.63, 3.8) is 0 Å². The summed E-state index contributed by atoms with van der Waals surface area (Å²) < 4.78 is 0. The van der Waals surface area contributed by atoms with Crippen molar-refractivity contribution in [2.24, 2.45) is 11.8 Å². The van der Waals surface area contributed by atoms with Gasteiger partial charge in [0, 0.05) is 30.9 Å². The summed E-state index contributed by atoms with van der Waals surface area (Å²) in [6.07, 6.45) is 1.26. The number of aromatic nitrogens is 2. The van der Waals surface area contributed by atoms with Crippen LogP contribution in [0.25, 0.3) is 0 Å². The molecule has 0 aliphatic heterocycles. The Hall–Kier alpha value is -3.30. The van der Waals surface area contributed by atoms with Gasteiger partial charge in [-0.1, -0.05) is 33.8 Å². The normalized spacial score (nSPS) is 10.9. The number of nitro benzene ring substituents is 1. The van der Waals surface area contributed by atoms with Gasteiger partial charge in [0.05, 0.1) is 9.85 Å². The number of nitrogens with one attached hydrogen (secondary N) is 1. The molecule has 0 fully saturated rings. The van der Waals surface area contributed by atoms with E-state index >= 15 is 0 Å². The maximum absolute atomic E-state index is 11.8. The lowest BCUT2D eigenvalue weighted by Crippen LogP contribution is -2.32. The number of anilines is 3. The van der Waals surface area contributed by atoms with Crippen LogP contribution >= 0.6 is 0 Å². The van der Waals surface area contributed by atoms with Crippen molar-refractivity contribution in [2.75, 3.05) is 23.3 Å². The molecule has 1 aromatic carbocycles.